The molecule has 62 heavy (non-hydrogen) atoms. The van der Waals surface area contributed by atoms with Crippen molar-refractivity contribution >= 4 is 55.4 Å². The number of urea groups is 1. The first-order valence-electron chi connectivity index (χ1n) is 23.7. The van der Waals surface area contributed by atoms with E-state index in [1.54, 1.807) is 6.08 Å². The molecule has 14 heteroatoms. The zero-order chi connectivity index (χ0) is 48.9. The van der Waals surface area contributed by atoms with Gasteiger partial charge in [0.1, 0.15) is 6.29 Å². The van der Waals surface area contributed by atoms with Crippen LogP contribution in [0.3, 0.4) is 0 Å². The maximum absolute atomic E-state index is 12.3. The van der Waals surface area contributed by atoms with Gasteiger partial charge in [0, 0.05) is 37.5 Å². The third-order valence-electron chi connectivity index (χ3n) is 9.73. The molecule has 3 fully saturated rings. The number of nitrogens with one attached hydrogen (secondary N) is 5. The summed E-state index contributed by atoms with van der Waals surface area (Å²) in [5, 5.41) is 15.0. The highest BCUT2D eigenvalue weighted by atomic mass is 32.2. The van der Waals surface area contributed by atoms with Gasteiger partial charge in [0.25, 0.3) is 0 Å². The van der Waals surface area contributed by atoms with Crippen molar-refractivity contribution in [1.29, 1.82) is 0 Å². The Balaban J connectivity index is -0.000000234. The molecule has 0 bridgehead atoms. The molecule has 2 saturated carbocycles. The topological polar surface area (TPSA) is 152 Å². The van der Waals surface area contributed by atoms with E-state index >= 15 is 0 Å². The molecule has 3 rings (SSSR count). The van der Waals surface area contributed by atoms with Gasteiger partial charge in [-0.15, -0.1) is 6.58 Å². The van der Waals surface area contributed by atoms with Crippen molar-refractivity contribution in [1.82, 2.24) is 35.8 Å². The van der Waals surface area contributed by atoms with Gasteiger partial charge in [0.2, 0.25) is 5.91 Å². The fourth-order valence-corrected chi connectivity index (χ4v) is 6.96. The predicted octanol–water partition coefficient (Wildman–Crippen LogP) is 8.85. The van der Waals surface area contributed by atoms with Crippen LogP contribution in [0.1, 0.15) is 154 Å². The number of hydrogen-bond donors (Lipinski definition) is 6. The van der Waals surface area contributed by atoms with Gasteiger partial charge in [0.15, 0.2) is 12.6 Å². The molecule has 1 aliphatic heterocycles. The molecule has 12 nitrogen and oxygen atoms in total. The summed E-state index contributed by atoms with van der Waals surface area (Å²) in [6.45, 7) is 35.5. The monoisotopic (exact) mass is 920 g/mol. The fraction of sp³-hybridized carbons (Fsp3) is 0.854. The molecule has 3 amide bonds. The van der Waals surface area contributed by atoms with Gasteiger partial charge in [-0.2, -0.15) is 11.8 Å². The van der Waals surface area contributed by atoms with Crippen molar-refractivity contribution in [2.45, 2.75) is 178 Å². The number of nitrogens with zero attached hydrogens (tertiary/aromatic N) is 2. The molecule has 5 atom stereocenters. The lowest BCUT2D eigenvalue weighted by Gasteiger charge is -2.32. The maximum atomic E-state index is 12.3. The normalized spacial score (nSPS) is 18.2. The van der Waals surface area contributed by atoms with Crippen molar-refractivity contribution in [3.8, 4) is 0 Å². The Morgan fingerprint density at radius 1 is 0.887 bits per heavy atom. The first-order valence-corrected chi connectivity index (χ1v) is 25.3. The average molecular weight is 921 g/mol. The zero-order valence-electron chi connectivity index (χ0n) is 42.9. The van der Waals surface area contributed by atoms with Gasteiger partial charge in [-0.25, -0.2) is 4.79 Å². The number of thioether (sulfide) groups is 1. The summed E-state index contributed by atoms with van der Waals surface area (Å²) < 4.78 is 2.08. The largest absolute Gasteiger partial charge is 0.351 e. The lowest BCUT2D eigenvalue weighted by molar-refractivity contribution is -0.126. The number of carbonyl (C=O) groups excluding carboxylic acids is 5. The van der Waals surface area contributed by atoms with E-state index in [4.69, 9.17) is 9.59 Å². The van der Waals surface area contributed by atoms with E-state index < -0.39 is 0 Å². The van der Waals surface area contributed by atoms with Crippen LogP contribution in [0.5, 0.6) is 0 Å². The molecule has 0 radical (unpaired) electrons. The molecule has 5 N–H and O–H groups in total. The van der Waals surface area contributed by atoms with Crippen LogP contribution in [0.15, 0.2) is 12.7 Å². The van der Waals surface area contributed by atoms with Gasteiger partial charge >= 0.3 is 6.03 Å². The number of hydrogen-bond acceptors (Lipinski definition) is 11. The van der Waals surface area contributed by atoms with E-state index in [0.717, 1.165) is 75.4 Å². The van der Waals surface area contributed by atoms with Crippen LogP contribution in [-0.4, -0.2) is 130 Å². The summed E-state index contributed by atoms with van der Waals surface area (Å²) >= 11 is 6.12. The second-order valence-corrected chi connectivity index (χ2v) is 18.7. The number of carbonyl (C=O) groups is 5. The number of likely N-dealkylation sites (tertiary alicyclic amines) is 1. The Hall–Kier alpha value is -1.97. The van der Waals surface area contributed by atoms with Crippen molar-refractivity contribution < 1.29 is 24.0 Å². The van der Waals surface area contributed by atoms with E-state index in [0.29, 0.717) is 12.5 Å². The Morgan fingerprint density at radius 2 is 1.39 bits per heavy atom. The summed E-state index contributed by atoms with van der Waals surface area (Å²) in [5.41, 5.74) is -0.0423. The average Bonchev–Trinajstić information content (AvgIpc) is 4.05. The third-order valence-corrected chi connectivity index (χ3v) is 11.3. The highest BCUT2D eigenvalue weighted by molar-refractivity contribution is 7.99. The van der Waals surface area contributed by atoms with Crippen LogP contribution in [-0.2, 0) is 19.2 Å². The molecule has 1 saturated heterocycles. The summed E-state index contributed by atoms with van der Waals surface area (Å²) in [4.78, 5) is 55.5. The maximum Gasteiger partial charge on any atom is 0.315 e. The predicted molar refractivity (Wildman–Crippen MR) is 275 cm³/mol. The molecular weight excluding hydrogens is 819 g/mol. The van der Waals surface area contributed by atoms with Gasteiger partial charge in [0.05, 0.1) is 12.1 Å². The second-order valence-electron chi connectivity index (χ2n) is 16.8. The Bertz CT molecular complexity index is 1020. The van der Waals surface area contributed by atoms with Crippen LogP contribution in [0.4, 0.5) is 4.79 Å². The molecule has 0 spiro atoms. The molecule has 370 valence electrons. The van der Waals surface area contributed by atoms with Gasteiger partial charge < -0.3 is 31.4 Å². The summed E-state index contributed by atoms with van der Waals surface area (Å²) in [7, 11) is 5.84. The van der Waals surface area contributed by atoms with Crippen LogP contribution in [0, 0.1) is 23.2 Å². The van der Waals surface area contributed by atoms with E-state index in [2.05, 4.69) is 124 Å². The van der Waals surface area contributed by atoms with E-state index in [9.17, 15) is 14.4 Å². The van der Waals surface area contributed by atoms with Crippen molar-refractivity contribution in [2.75, 3.05) is 65.4 Å². The third kappa shape index (κ3) is 43.3. The molecule has 3 aliphatic rings. The van der Waals surface area contributed by atoms with Crippen molar-refractivity contribution in [3.63, 3.8) is 0 Å². The molecular formula is C48H101N7O5S2. The quantitative estimate of drug-likeness (QED) is 0.0291. The van der Waals surface area contributed by atoms with E-state index in [1.807, 2.05) is 53.7 Å². The van der Waals surface area contributed by atoms with Crippen molar-refractivity contribution in [3.05, 3.63) is 12.7 Å². The number of likely N-dealkylation sites (N-methyl/N-ethyl adjacent to an activating group) is 2. The van der Waals surface area contributed by atoms with Crippen LogP contribution in [0.2, 0.25) is 0 Å². The molecule has 0 aromatic rings. The second kappa shape index (κ2) is 48.5. The first kappa shape index (κ1) is 69.1. The minimum atomic E-state index is -0.367. The van der Waals surface area contributed by atoms with E-state index in [1.165, 1.54) is 38.6 Å². The molecule has 1 heterocycles. The van der Waals surface area contributed by atoms with Crippen LogP contribution in [0.25, 0.3) is 0 Å². The zero-order valence-corrected chi connectivity index (χ0v) is 44.6. The Kier molecular flexibility index (Phi) is 54.0. The standard InChI is InChI=1S/C17H33N3O2.C12H24N2OS.C6H13NS.C3H9N.C3H8.C3H6.C2H2O2.C2H6/c1-17(2,3)15(11-18-4)20-16(22)19-14(12-21)13-9-7-5-6-8-10-13;1-5-16-8-10(3)13-12(15)11-9(2)6-7-14(11)4;1-2-7(8)5-6-3-4-6;1-3-4-2;2*1-3-2;3-1-2-4;1-2/h12-15,18H,5-11H2,1-4H3,(H2,19,20,22);9-11H,5-8H2,1-4H3,(H,13,15);6,8H,2-5H2,1H3;4H,3H2,1-2H3;3H2,1-2H3;3H,1H2,2H3;1-2H;1-2H3. The van der Waals surface area contributed by atoms with Crippen LogP contribution >= 0.6 is 24.6 Å². The van der Waals surface area contributed by atoms with Gasteiger partial charge in [-0.1, -0.05) is 127 Å². The smallest absolute Gasteiger partial charge is 0.315 e. The lowest BCUT2D eigenvalue weighted by atomic mass is 9.86. The van der Waals surface area contributed by atoms with Crippen molar-refractivity contribution in [2.24, 2.45) is 23.2 Å². The first-order chi connectivity index (χ1) is 29.4. The molecule has 0 aromatic carbocycles. The summed E-state index contributed by atoms with van der Waals surface area (Å²) in [6.07, 6.45) is 15.1. The summed E-state index contributed by atoms with van der Waals surface area (Å²) in [5.74, 6) is 4.07. The minimum absolute atomic E-state index is 0.0129. The fourth-order valence-electron chi connectivity index (χ4n) is 6.05. The number of rotatable bonds is 16. The van der Waals surface area contributed by atoms with Gasteiger partial charge in [-0.05, 0) is 109 Å². The van der Waals surface area contributed by atoms with E-state index in [-0.39, 0.29) is 60.0 Å². The molecule has 5 unspecified atom stereocenters. The summed E-state index contributed by atoms with van der Waals surface area (Å²) in [6, 6.07) is -0.239. The highest BCUT2D eigenvalue weighted by Gasteiger charge is 2.34. The minimum Gasteiger partial charge on any atom is -0.351 e. The molecule has 0 aromatic heterocycles. The number of aldehydes is 3. The van der Waals surface area contributed by atoms with Gasteiger partial charge in [-0.3, -0.25) is 23.6 Å². The Labute approximate surface area is 393 Å². The Morgan fingerprint density at radius 3 is 1.73 bits per heavy atom. The highest BCUT2D eigenvalue weighted by Crippen LogP contribution is 2.30. The SMILES string of the molecule is C=CC.CC.CCC.CCN(S)CC1CC1.CCNC.CCSCC(C)NC(=O)C1C(C)CCN1C.CNCC(NC(=O)NC(C=O)C1CCCCCC1)C(C)(C)C.O=CC=O. The van der Waals surface area contributed by atoms with Crippen LogP contribution < -0.4 is 26.6 Å². The lowest BCUT2D eigenvalue weighted by Crippen LogP contribution is -2.55. The number of thiol groups is 1. The molecule has 2 aliphatic carbocycles. The number of allylic oxidation sites excluding steroid dienone is 1. The number of amides is 3.